The summed E-state index contributed by atoms with van der Waals surface area (Å²) >= 11 is 9.25. The van der Waals surface area contributed by atoms with Crippen LogP contribution in [0.3, 0.4) is 0 Å². The molecule has 8 heteroatoms. The first-order valence-electron chi connectivity index (χ1n) is 7.10. The Kier molecular flexibility index (Phi) is 4.69. The van der Waals surface area contributed by atoms with Crippen LogP contribution in [0.15, 0.2) is 46.4 Å². The van der Waals surface area contributed by atoms with Gasteiger partial charge in [-0.3, -0.25) is 15.0 Å². The Bertz CT molecular complexity index is 896. The third kappa shape index (κ3) is 3.33. The molecule has 0 aliphatic carbocycles. The highest BCUT2D eigenvalue weighted by molar-refractivity contribution is 9.10. The molecule has 0 atom stereocenters. The number of amides is 2. The number of benzene rings is 2. The van der Waals surface area contributed by atoms with Crippen LogP contribution in [-0.4, -0.2) is 24.0 Å². The average molecular weight is 424 g/mol. The molecule has 0 saturated carbocycles. The summed E-state index contributed by atoms with van der Waals surface area (Å²) in [6.45, 7) is 0. The molecule has 0 aromatic heterocycles. The molecule has 1 fully saturated rings. The van der Waals surface area contributed by atoms with Gasteiger partial charge < -0.3 is 9.84 Å². The largest absolute Gasteiger partial charge is 0.503 e. The number of halogens is 2. The van der Waals surface area contributed by atoms with Crippen LogP contribution in [0.4, 0.5) is 5.69 Å². The molecule has 3 rings (SSSR count). The van der Waals surface area contributed by atoms with Gasteiger partial charge in [-0.25, -0.2) is 5.01 Å². The van der Waals surface area contributed by atoms with Crippen molar-refractivity contribution in [3.8, 4) is 11.5 Å². The van der Waals surface area contributed by atoms with Crippen LogP contribution in [0.5, 0.6) is 11.5 Å². The average Bonchev–Trinajstić information content (AvgIpc) is 2.86. The van der Waals surface area contributed by atoms with Crippen LogP contribution in [-0.2, 0) is 9.59 Å². The number of hydrogen-bond donors (Lipinski definition) is 2. The Morgan fingerprint density at radius 2 is 1.92 bits per heavy atom. The Morgan fingerprint density at radius 3 is 2.56 bits per heavy atom. The molecule has 1 aliphatic rings. The van der Waals surface area contributed by atoms with E-state index >= 15 is 0 Å². The number of rotatable bonds is 3. The second kappa shape index (κ2) is 6.78. The molecule has 2 amide bonds. The normalized spacial score (nSPS) is 15.6. The highest BCUT2D eigenvalue weighted by Crippen LogP contribution is 2.36. The van der Waals surface area contributed by atoms with Crippen LogP contribution in [0.2, 0.25) is 5.02 Å². The molecule has 1 heterocycles. The zero-order valence-corrected chi connectivity index (χ0v) is 15.3. The van der Waals surface area contributed by atoms with E-state index in [9.17, 15) is 14.7 Å². The van der Waals surface area contributed by atoms with Crippen molar-refractivity contribution in [2.75, 3.05) is 12.1 Å². The first kappa shape index (κ1) is 17.3. The Labute approximate surface area is 156 Å². The fourth-order valence-electron chi connectivity index (χ4n) is 2.33. The van der Waals surface area contributed by atoms with E-state index in [2.05, 4.69) is 21.4 Å². The van der Waals surface area contributed by atoms with Gasteiger partial charge in [-0.1, -0.05) is 27.5 Å². The molecule has 1 aliphatic heterocycles. The van der Waals surface area contributed by atoms with Gasteiger partial charge >= 0.3 is 0 Å². The molecular weight excluding hydrogens is 412 g/mol. The molecular formula is C17H12BrClN2O4. The number of methoxy groups -OCH3 is 1. The predicted octanol–water partition coefficient (Wildman–Crippen LogP) is 3.28. The van der Waals surface area contributed by atoms with Crippen LogP contribution in [0.25, 0.3) is 6.08 Å². The summed E-state index contributed by atoms with van der Waals surface area (Å²) in [4.78, 5) is 24.7. The minimum atomic E-state index is -0.531. The van der Waals surface area contributed by atoms with Gasteiger partial charge in [0.1, 0.15) is 5.57 Å². The van der Waals surface area contributed by atoms with Gasteiger partial charge in [0.15, 0.2) is 11.5 Å². The van der Waals surface area contributed by atoms with Crippen molar-refractivity contribution in [1.82, 2.24) is 5.43 Å². The topological polar surface area (TPSA) is 78.9 Å². The van der Waals surface area contributed by atoms with Gasteiger partial charge in [-0.2, -0.15) is 0 Å². The number of phenols is 1. The zero-order chi connectivity index (χ0) is 18.1. The number of ether oxygens (including phenoxy) is 1. The number of hydrogen-bond acceptors (Lipinski definition) is 4. The summed E-state index contributed by atoms with van der Waals surface area (Å²) < 4.78 is 5.88. The third-order valence-electron chi connectivity index (χ3n) is 3.56. The number of anilines is 1. The Balaban J connectivity index is 1.96. The van der Waals surface area contributed by atoms with Crippen LogP contribution in [0.1, 0.15) is 5.56 Å². The van der Waals surface area contributed by atoms with Gasteiger partial charge in [-0.15, -0.1) is 0 Å². The molecule has 2 N–H and O–H groups in total. The van der Waals surface area contributed by atoms with E-state index in [4.69, 9.17) is 16.3 Å². The van der Waals surface area contributed by atoms with E-state index in [-0.39, 0.29) is 22.1 Å². The first-order valence-corrected chi connectivity index (χ1v) is 8.27. The molecule has 25 heavy (non-hydrogen) atoms. The maximum Gasteiger partial charge on any atom is 0.282 e. The summed E-state index contributed by atoms with van der Waals surface area (Å²) in [6.07, 6.45) is 1.39. The SMILES string of the molecule is COc1cc(C=C2C(=O)NN(c3ccc(Br)cc3)C2=O)cc(Cl)c1O. The van der Waals surface area contributed by atoms with Crippen LogP contribution >= 0.6 is 27.5 Å². The van der Waals surface area contributed by atoms with E-state index in [1.165, 1.54) is 30.3 Å². The smallest absolute Gasteiger partial charge is 0.282 e. The van der Waals surface area contributed by atoms with E-state index in [1.54, 1.807) is 24.3 Å². The van der Waals surface area contributed by atoms with E-state index in [1.807, 2.05) is 0 Å². The summed E-state index contributed by atoms with van der Waals surface area (Å²) in [5.41, 5.74) is 3.45. The Hall–Kier alpha value is -2.51. The van der Waals surface area contributed by atoms with Gasteiger partial charge in [0.25, 0.3) is 11.8 Å². The molecule has 6 nitrogen and oxygen atoms in total. The predicted molar refractivity (Wildman–Crippen MR) is 97.4 cm³/mol. The molecule has 0 spiro atoms. The quantitative estimate of drug-likeness (QED) is 0.587. The second-order valence-electron chi connectivity index (χ2n) is 5.17. The van der Waals surface area contributed by atoms with E-state index < -0.39 is 11.8 Å². The number of carbonyl (C=O) groups excluding carboxylic acids is 2. The van der Waals surface area contributed by atoms with Gasteiger partial charge in [0, 0.05) is 4.47 Å². The standard InChI is InChI=1S/C17H12BrClN2O4/c1-25-14-8-9(7-13(19)15(14)22)6-12-16(23)20-21(17(12)24)11-4-2-10(18)3-5-11/h2-8,22H,1H3,(H,20,23). The van der Waals surface area contributed by atoms with Crippen molar-refractivity contribution >= 4 is 51.1 Å². The monoisotopic (exact) mass is 422 g/mol. The lowest BCUT2D eigenvalue weighted by Crippen LogP contribution is -2.35. The minimum Gasteiger partial charge on any atom is -0.503 e. The molecule has 0 unspecified atom stereocenters. The van der Waals surface area contributed by atoms with Crippen molar-refractivity contribution in [3.05, 3.63) is 57.0 Å². The summed E-state index contributed by atoms with van der Waals surface area (Å²) in [7, 11) is 1.38. The van der Waals surface area contributed by atoms with Gasteiger partial charge in [0.05, 0.1) is 17.8 Å². The molecule has 128 valence electrons. The lowest BCUT2D eigenvalue weighted by atomic mass is 10.1. The van der Waals surface area contributed by atoms with Crippen molar-refractivity contribution in [2.45, 2.75) is 0 Å². The fourth-order valence-corrected chi connectivity index (χ4v) is 2.81. The number of hydrazine groups is 1. The highest BCUT2D eigenvalue weighted by atomic mass is 79.9. The number of aromatic hydroxyl groups is 1. The number of nitrogens with zero attached hydrogens (tertiary/aromatic N) is 1. The van der Waals surface area contributed by atoms with Gasteiger partial charge in [0.2, 0.25) is 0 Å². The van der Waals surface area contributed by atoms with Crippen molar-refractivity contribution in [3.63, 3.8) is 0 Å². The maximum atomic E-state index is 12.6. The molecule has 1 saturated heterocycles. The van der Waals surface area contributed by atoms with Gasteiger partial charge in [-0.05, 0) is 48.0 Å². The second-order valence-corrected chi connectivity index (χ2v) is 6.49. The third-order valence-corrected chi connectivity index (χ3v) is 4.37. The summed E-state index contributed by atoms with van der Waals surface area (Å²) in [6, 6.07) is 9.85. The lowest BCUT2D eigenvalue weighted by molar-refractivity contribution is -0.117. The zero-order valence-electron chi connectivity index (χ0n) is 12.9. The van der Waals surface area contributed by atoms with E-state index in [0.717, 1.165) is 4.47 Å². The number of carbonyl (C=O) groups is 2. The fraction of sp³-hybridized carbons (Fsp3) is 0.0588. The Morgan fingerprint density at radius 1 is 1.24 bits per heavy atom. The maximum absolute atomic E-state index is 12.6. The molecule has 2 aromatic carbocycles. The molecule has 0 radical (unpaired) electrons. The van der Waals surface area contributed by atoms with Crippen molar-refractivity contribution < 1.29 is 19.4 Å². The minimum absolute atomic E-state index is 0.0493. The van der Waals surface area contributed by atoms with E-state index in [0.29, 0.717) is 11.3 Å². The summed E-state index contributed by atoms with van der Waals surface area (Å²) in [5, 5.41) is 11.0. The van der Waals surface area contributed by atoms with Crippen LogP contribution < -0.4 is 15.2 Å². The number of nitrogens with one attached hydrogen (secondary N) is 1. The van der Waals surface area contributed by atoms with Crippen molar-refractivity contribution in [1.29, 1.82) is 0 Å². The lowest BCUT2D eigenvalue weighted by Gasteiger charge is -2.14. The summed E-state index contributed by atoms with van der Waals surface area (Å²) in [5.74, 6) is -1.08. The molecule has 0 bridgehead atoms. The van der Waals surface area contributed by atoms with Crippen LogP contribution in [0, 0.1) is 0 Å². The number of phenolic OH excluding ortho intramolecular Hbond substituents is 1. The molecule has 2 aromatic rings. The van der Waals surface area contributed by atoms with Crippen molar-refractivity contribution in [2.24, 2.45) is 0 Å². The first-order chi connectivity index (χ1) is 11.9. The highest BCUT2D eigenvalue weighted by Gasteiger charge is 2.34.